The van der Waals surface area contributed by atoms with Gasteiger partial charge in [0, 0.05) is 28.6 Å². The summed E-state index contributed by atoms with van der Waals surface area (Å²) in [5.74, 6) is 0.732. The van der Waals surface area contributed by atoms with Gasteiger partial charge in [-0.15, -0.1) is 11.3 Å². The second-order valence-electron chi connectivity index (χ2n) is 7.03. The van der Waals surface area contributed by atoms with Gasteiger partial charge in [0.1, 0.15) is 12.4 Å². The van der Waals surface area contributed by atoms with Crippen molar-refractivity contribution in [3.05, 3.63) is 105 Å². The third-order valence-electron chi connectivity index (χ3n) is 4.62. The maximum Gasteiger partial charge on any atom is 0.270 e. The van der Waals surface area contributed by atoms with E-state index in [1.54, 1.807) is 18.3 Å². The number of ether oxygens (including phenoxy) is 1. The summed E-state index contributed by atoms with van der Waals surface area (Å²) < 4.78 is 5.99. The Morgan fingerprint density at radius 1 is 1.12 bits per heavy atom. The minimum atomic E-state index is -0.419. The van der Waals surface area contributed by atoms with E-state index in [2.05, 4.69) is 34.6 Å². The van der Waals surface area contributed by atoms with Crippen LogP contribution in [0.15, 0.2) is 83.3 Å². The molecule has 32 heavy (non-hydrogen) atoms. The summed E-state index contributed by atoms with van der Waals surface area (Å²) in [6, 6.07) is 22.3. The summed E-state index contributed by atoms with van der Waals surface area (Å²) in [5.41, 5.74) is 7.42. The molecule has 0 amide bonds. The normalized spacial score (nSPS) is 10.9. The summed E-state index contributed by atoms with van der Waals surface area (Å²) >= 11 is 1.37. The van der Waals surface area contributed by atoms with E-state index in [1.807, 2.05) is 41.8 Å². The number of hydrazone groups is 1. The molecule has 0 aliphatic rings. The Kier molecular flexibility index (Phi) is 6.52. The number of nitro groups is 1. The largest absolute Gasteiger partial charge is 0.488 e. The summed E-state index contributed by atoms with van der Waals surface area (Å²) in [7, 11) is 0. The van der Waals surface area contributed by atoms with Gasteiger partial charge in [0.2, 0.25) is 5.13 Å². The van der Waals surface area contributed by atoms with Gasteiger partial charge >= 0.3 is 0 Å². The number of hydrogen-bond acceptors (Lipinski definition) is 7. The predicted octanol–water partition coefficient (Wildman–Crippen LogP) is 6.05. The van der Waals surface area contributed by atoms with Crippen molar-refractivity contribution in [1.82, 2.24) is 4.98 Å². The highest BCUT2D eigenvalue weighted by Gasteiger charge is 2.10. The molecule has 0 spiro atoms. The average molecular weight is 445 g/mol. The second-order valence-corrected chi connectivity index (χ2v) is 7.89. The second kappa shape index (κ2) is 9.84. The van der Waals surface area contributed by atoms with Gasteiger partial charge < -0.3 is 4.74 Å². The lowest BCUT2D eigenvalue weighted by Crippen LogP contribution is -1.99. The van der Waals surface area contributed by atoms with Crippen LogP contribution in [-0.2, 0) is 6.61 Å². The van der Waals surface area contributed by atoms with Crippen LogP contribution in [0, 0.1) is 17.0 Å². The molecule has 0 aliphatic heterocycles. The van der Waals surface area contributed by atoms with Crippen LogP contribution in [0.4, 0.5) is 10.8 Å². The van der Waals surface area contributed by atoms with Gasteiger partial charge in [-0.3, -0.25) is 15.5 Å². The SMILES string of the molecule is Cc1cccc(COc2ccccc2/C=N/Nc2nc(-c3cccc([N+](=O)[O-])c3)cs2)c1. The average Bonchev–Trinajstić information content (AvgIpc) is 3.27. The van der Waals surface area contributed by atoms with Crippen LogP contribution in [-0.4, -0.2) is 16.1 Å². The molecule has 4 rings (SSSR count). The molecule has 0 unspecified atom stereocenters. The number of hydrogen-bond donors (Lipinski definition) is 1. The molecule has 0 saturated heterocycles. The first kappa shape index (κ1) is 21.2. The standard InChI is InChI=1S/C24H20N4O3S/c1-17-6-4-7-18(12-17)15-31-23-11-3-2-8-20(23)14-25-27-24-26-22(16-32-24)19-9-5-10-21(13-19)28(29)30/h2-14,16H,15H2,1H3,(H,26,27)/b25-14+. The van der Waals surface area contributed by atoms with Gasteiger partial charge in [-0.1, -0.05) is 54.1 Å². The molecule has 0 atom stereocenters. The number of aromatic nitrogens is 1. The van der Waals surface area contributed by atoms with Crippen LogP contribution in [0.2, 0.25) is 0 Å². The molecule has 1 aromatic heterocycles. The van der Waals surface area contributed by atoms with Gasteiger partial charge in [-0.2, -0.15) is 5.10 Å². The fourth-order valence-corrected chi connectivity index (χ4v) is 3.74. The highest BCUT2D eigenvalue weighted by Crippen LogP contribution is 2.27. The third kappa shape index (κ3) is 5.35. The van der Waals surface area contributed by atoms with E-state index < -0.39 is 4.92 Å². The van der Waals surface area contributed by atoms with Crippen LogP contribution in [0.25, 0.3) is 11.3 Å². The van der Waals surface area contributed by atoms with E-state index in [-0.39, 0.29) is 5.69 Å². The Morgan fingerprint density at radius 2 is 1.97 bits per heavy atom. The molecule has 0 fully saturated rings. The van der Waals surface area contributed by atoms with Gasteiger partial charge in [-0.25, -0.2) is 4.98 Å². The van der Waals surface area contributed by atoms with Gasteiger partial charge in [-0.05, 0) is 24.6 Å². The number of aryl methyl sites for hydroxylation is 1. The van der Waals surface area contributed by atoms with Crippen LogP contribution >= 0.6 is 11.3 Å². The maximum atomic E-state index is 11.0. The fraction of sp³-hybridized carbons (Fsp3) is 0.0833. The molecule has 8 heteroatoms. The van der Waals surface area contributed by atoms with Crippen molar-refractivity contribution in [3.8, 4) is 17.0 Å². The van der Waals surface area contributed by atoms with E-state index in [1.165, 1.54) is 29.0 Å². The molecule has 0 aliphatic carbocycles. The van der Waals surface area contributed by atoms with E-state index in [0.29, 0.717) is 23.0 Å². The van der Waals surface area contributed by atoms with Crippen molar-refractivity contribution in [1.29, 1.82) is 0 Å². The van der Waals surface area contributed by atoms with Crippen molar-refractivity contribution >= 4 is 28.4 Å². The van der Waals surface area contributed by atoms with E-state index in [0.717, 1.165) is 16.9 Å². The van der Waals surface area contributed by atoms with Crippen molar-refractivity contribution in [3.63, 3.8) is 0 Å². The quantitative estimate of drug-likeness (QED) is 0.203. The number of nitrogens with zero attached hydrogens (tertiary/aromatic N) is 3. The van der Waals surface area contributed by atoms with Crippen molar-refractivity contribution in [2.45, 2.75) is 13.5 Å². The molecule has 160 valence electrons. The molecule has 0 radical (unpaired) electrons. The first-order valence-electron chi connectivity index (χ1n) is 9.85. The van der Waals surface area contributed by atoms with E-state index >= 15 is 0 Å². The van der Waals surface area contributed by atoms with E-state index in [4.69, 9.17) is 4.74 Å². The summed E-state index contributed by atoms with van der Waals surface area (Å²) in [5, 5.41) is 17.7. The van der Waals surface area contributed by atoms with Crippen molar-refractivity contribution in [2.75, 3.05) is 5.43 Å². The molecule has 1 N–H and O–H groups in total. The summed E-state index contributed by atoms with van der Waals surface area (Å²) in [6.07, 6.45) is 1.68. The van der Waals surface area contributed by atoms with Crippen LogP contribution in [0.3, 0.4) is 0 Å². The number of non-ortho nitro benzene ring substituents is 1. The van der Waals surface area contributed by atoms with Crippen LogP contribution in [0.5, 0.6) is 5.75 Å². The number of nitro benzene ring substituents is 1. The maximum absolute atomic E-state index is 11.0. The molecule has 1 heterocycles. The smallest absolute Gasteiger partial charge is 0.270 e. The Morgan fingerprint density at radius 3 is 2.81 bits per heavy atom. The van der Waals surface area contributed by atoms with Crippen LogP contribution < -0.4 is 10.2 Å². The van der Waals surface area contributed by atoms with Crippen LogP contribution in [0.1, 0.15) is 16.7 Å². The zero-order valence-electron chi connectivity index (χ0n) is 17.3. The van der Waals surface area contributed by atoms with Gasteiger partial charge in [0.05, 0.1) is 16.8 Å². The minimum absolute atomic E-state index is 0.0327. The molecule has 0 saturated carbocycles. The van der Waals surface area contributed by atoms with Gasteiger partial charge in [0.15, 0.2) is 0 Å². The third-order valence-corrected chi connectivity index (χ3v) is 5.36. The molecule has 0 bridgehead atoms. The number of benzene rings is 3. The Hall–Kier alpha value is -4.04. The molecular formula is C24H20N4O3S. The number of para-hydroxylation sites is 1. The summed E-state index contributed by atoms with van der Waals surface area (Å²) in [6.45, 7) is 2.53. The van der Waals surface area contributed by atoms with E-state index in [9.17, 15) is 10.1 Å². The summed E-state index contributed by atoms with van der Waals surface area (Å²) in [4.78, 5) is 15.0. The Balaban J connectivity index is 1.42. The number of anilines is 1. The predicted molar refractivity (Wildman–Crippen MR) is 127 cm³/mol. The first-order valence-corrected chi connectivity index (χ1v) is 10.7. The fourth-order valence-electron chi connectivity index (χ4n) is 3.08. The zero-order valence-corrected chi connectivity index (χ0v) is 18.1. The minimum Gasteiger partial charge on any atom is -0.488 e. The molecule has 4 aromatic rings. The highest BCUT2D eigenvalue weighted by molar-refractivity contribution is 7.14. The lowest BCUT2D eigenvalue weighted by Gasteiger charge is -2.09. The number of nitrogens with one attached hydrogen (secondary N) is 1. The first-order chi connectivity index (χ1) is 15.6. The lowest BCUT2D eigenvalue weighted by molar-refractivity contribution is -0.384. The molecular weight excluding hydrogens is 424 g/mol. The monoisotopic (exact) mass is 444 g/mol. The molecule has 7 nitrogen and oxygen atoms in total. The number of thiazole rings is 1. The Bertz CT molecular complexity index is 1270. The highest BCUT2D eigenvalue weighted by atomic mass is 32.1. The van der Waals surface area contributed by atoms with Crippen molar-refractivity contribution < 1.29 is 9.66 Å². The molecule has 3 aromatic carbocycles. The number of rotatable bonds is 8. The van der Waals surface area contributed by atoms with Crippen molar-refractivity contribution in [2.24, 2.45) is 5.10 Å². The Labute approximate surface area is 189 Å². The zero-order chi connectivity index (χ0) is 22.3. The van der Waals surface area contributed by atoms with Gasteiger partial charge in [0.25, 0.3) is 5.69 Å². The topological polar surface area (TPSA) is 89.7 Å². The lowest BCUT2D eigenvalue weighted by atomic mass is 10.1.